The Morgan fingerprint density at radius 1 is 1.45 bits per heavy atom. The number of hydrogen-bond acceptors (Lipinski definition) is 3. The molecule has 0 spiro atoms. The second-order valence-electron chi connectivity index (χ2n) is 5.44. The van der Waals surface area contributed by atoms with Gasteiger partial charge in [0.1, 0.15) is 5.82 Å². The van der Waals surface area contributed by atoms with Crippen LogP contribution in [0.1, 0.15) is 17.0 Å². The lowest BCUT2D eigenvalue weighted by Gasteiger charge is -2.27. The third-order valence-electron chi connectivity index (χ3n) is 3.69. The number of nitrogens with zero attached hydrogens (tertiary/aromatic N) is 2. The minimum absolute atomic E-state index is 0.173. The topological polar surface area (TPSA) is 44.0 Å². The Bertz CT molecular complexity index is 581. The van der Waals surface area contributed by atoms with Crippen LogP contribution in [0.4, 0.5) is 4.39 Å². The molecule has 5 heteroatoms. The van der Waals surface area contributed by atoms with Gasteiger partial charge in [0.2, 0.25) is 0 Å². The summed E-state index contributed by atoms with van der Waals surface area (Å²) < 4.78 is 13.2. The highest BCUT2D eigenvalue weighted by Gasteiger charge is 2.20. The Morgan fingerprint density at radius 3 is 3.20 bits per heavy atom. The van der Waals surface area contributed by atoms with E-state index in [1.165, 1.54) is 11.8 Å². The number of fused-ring (bicyclic) bond motifs is 1. The summed E-state index contributed by atoms with van der Waals surface area (Å²) in [6, 6.07) is 7.18. The standard InChI is InChI=1S/C15H19FN4/c1-20(8-11-3-2-4-12(16)5-11)9-13-6-14-15(7-17-13)19-10-18-14/h2-5,10,13,17H,6-9H2,1H3,(H,18,19). The molecule has 0 fully saturated rings. The van der Waals surface area contributed by atoms with Crippen molar-refractivity contribution in [1.29, 1.82) is 0 Å². The van der Waals surface area contributed by atoms with Crippen LogP contribution in [-0.2, 0) is 19.5 Å². The minimum Gasteiger partial charge on any atom is -0.347 e. The summed E-state index contributed by atoms with van der Waals surface area (Å²) in [6.45, 7) is 2.51. The molecule has 1 aromatic carbocycles. The van der Waals surface area contributed by atoms with Gasteiger partial charge in [0.05, 0.1) is 17.7 Å². The van der Waals surface area contributed by atoms with Crippen molar-refractivity contribution in [2.24, 2.45) is 0 Å². The first-order valence-corrected chi connectivity index (χ1v) is 6.88. The van der Waals surface area contributed by atoms with Crippen LogP contribution in [0, 0.1) is 5.82 Å². The van der Waals surface area contributed by atoms with E-state index in [-0.39, 0.29) is 5.82 Å². The zero-order valence-electron chi connectivity index (χ0n) is 11.6. The molecule has 2 heterocycles. The summed E-state index contributed by atoms with van der Waals surface area (Å²) in [5, 5.41) is 3.50. The van der Waals surface area contributed by atoms with E-state index in [1.54, 1.807) is 18.5 Å². The van der Waals surface area contributed by atoms with Crippen LogP contribution in [0.3, 0.4) is 0 Å². The SMILES string of the molecule is CN(Cc1cccc(F)c1)CC1Cc2nc[nH]c2CN1. The summed E-state index contributed by atoms with van der Waals surface area (Å²) in [5.41, 5.74) is 3.35. The average molecular weight is 274 g/mol. The normalized spacial score (nSPS) is 18.2. The Labute approximate surface area is 118 Å². The number of benzene rings is 1. The second-order valence-corrected chi connectivity index (χ2v) is 5.44. The van der Waals surface area contributed by atoms with Crippen molar-refractivity contribution in [3.63, 3.8) is 0 Å². The van der Waals surface area contributed by atoms with Crippen molar-refractivity contribution in [1.82, 2.24) is 20.2 Å². The number of H-pyrrole nitrogens is 1. The Kier molecular flexibility index (Phi) is 3.80. The summed E-state index contributed by atoms with van der Waals surface area (Å²) in [6.07, 6.45) is 2.69. The van der Waals surface area contributed by atoms with E-state index in [9.17, 15) is 4.39 Å². The zero-order chi connectivity index (χ0) is 13.9. The molecule has 0 saturated heterocycles. The minimum atomic E-state index is -0.173. The molecular formula is C15H19FN4. The van der Waals surface area contributed by atoms with E-state index < -0.39 is 0 Å². The fourth-order valence-electron chi connectivity index (χ4n) is 2.75. The van der Waals surface area contributed by atoms with E-state index in [4.69, 9.17) is 0 Å². The molecule has 1 unspecified atom stereocenters. The molecule has 1 aliphatic rings. The summed E-state index contributed by atoms with van der Waals surface area (Å²) >= 11 is 0. The van der Waals surface area contributed by atoms with Gasteiger partial charge in [0.25, 0.3) is 0 Å². The van der Waals surface area contributed by atoms with Gasteiger partial charge in [-0.15, -0.1) is 0 Å². The number of halogens is 1. The van der Waals surface area contributed by atoms with Crippen LogP contribution >= 0.6 is 0 Å². The van der Waals surface area contributed by atoms with Gasteiger partial charge >= 0.3 is 0 Å². The number of aromatic amines is 1. The lowest BCUT2D eigenvalue weighted by Crippen LogP contribution is -2.43. The highest BCUT2D eigenvalue weighted by atomic mass is 19.1. The first-order chi connectivity index (χ1) is 9.70. The van der Waals surface area contributed by atoms with E-state index in [0.29, 0.717) is 6.04 Å². The number of rotatable bonds is 4. The molecule has 1 aromatic heterocycles. The van der Waals surface area contributed by atoms with Crippen molar-refractivity contribution in [2.45, 2.75) is 25.6 Å². The van der Waals surface area contributed by atoms with Crippen LogP contribution in [-0.4, -0.2) is 34.5 Å². The lowest BCUT2D eigenvalue weighted by atomic mass is 10.0. The van der Waals surface area contributed by atoms with Crippen molar-refractivity contribution in [2.75, 3.05) is 13.6 Å². The maximum absolute atomic E-state index is 13.2. The van der Waals surface area contributed by atoms with Gasteiger partial charge in [-0.05, 0) is 24.7 Å². The largest absolute Gasteiger partial charge is 0.347 e. The molecule has 2 aromatic rings. The highest BCUT2D eigenvalue weighted by molar-refractivity contribution is 5.17. The molecule has 3 rings (SSSR count). The van der Waals surface area contributed by atoms with Gasteiger partial charge in [0.15, 0.2) is 0 Å². The van der Waals surface area contributed by atoms with Crippen LogP contribution in [0.2, 0.25) is 0 Å². The van der Waals surface area contributed by atoms with Gasteiger partial charge < -0.3 is 15.2 Å². The maximum atomic E-state index is 13.2. The number of nitrogens with one attached hydrogen (secondary N) is 2. The smallest absolute Gasteiger partial charge is 0.123 e. The number of aromatic nitrogens is 2. The Morgan fingerprint density at radius 2 is 2.35 bits per heavy atom. The molecule has 1 aliphatic heterocycles. The second kappa shape index (κ2) is 5.73. The Balaban J connectivity index is 1.56. The maximum Gasteiger partial charge on any atom is 0.123 e. The fourth-order valence-corrected chi connectivity index (χ4v) is 2.75. The number of hydrogen-bond donors (Lipinski definition) is 2. The van der Waals surface area contributed by atoms with Gasteiger partial charge in [-0.1, -0.05) is 12.1 Å². The van der Waals surface area contributed by atoms with E-state index >= 15 is 0 Å². The molecule has 0 radical (unpaired) electrons. The van der Waals surface area contributed by atoms with Crippen LogP contribution < -0.4 is 5.32 Å². The Hall–Kier alpha value is -1.72. The van der Waals surface area contributed by atoms with E-state index in [1.807, 2.05) is 6.07 Å². The highest BCUT2D eigenvalue weighted by Crippen LogP contribution is 2.13. The first kappa shape index (κ1) is 13.3. The monoisotopic (exact) mass is 274 g/mol. The molecule has 20 heavy (non-hydrogen) atoms. The summed E-state index contributed by atoms with van der Waals surface area (Å²) in [5.74, 6) is -0.173. The molecule has 0 saturated carbocycles. The zero-order valence-corrected chi connectivity index (χ0v) is 11.6. The lowest BCUT2D eigenvalue weighted by molar-refractivity contribution is 0.272. The van der Waals surface area contributed by atoms with Crippen LogP contribution in [0.15, 0.2) is 30.6 Å². The van der Waals surface area contributed by atoms with Crippen molar-refractivity contribution in [3.05, 3.63) is 53.4 Å². The first-order valence-electron chi connectivity index (χ1n) is 6.88. The van der Waals surface area contributed by atoms with E-state index in [2.05, 4.69) is 27.2 Å². The van der Waals surface area contributed by atoms with Gasteiger partial charge in [-0.2, -0.15) is 0 Å². The van der Waals surface area contributed by atoms with Crippen LogP contribution in [0.5, 0.6) is 0 Å². The molecular weight excluding hydrogens is 255 g/mol. The molecule has 0 amide bonds. The third kappa shape index (κ3) is 3.05. The molecule has 1 atom stereocenters. The predicted octanol–water partition coefficient (Wildman–Crippen LogP) is 1.70. The van der Waals surface area contributed by atoms with Crippen molar-refractivity contribution >= 4 is 0 Å². The quantitative estimate of drug-likeness (QED) is 0.892. The third-order valence-corrected chi connectivity index (χ3v) is 3.69. The van der Waals surface area contributed by atoms with Gasteiger partial charge in [-0.3, -0.25) is 0 Å². The molecule has 4 nitrogen and oxygen atoms in total. The molecule has 2 N–H and O–H groups in total. The molecule has 0 aliphatic carbocycles. The molecule has 106 valence electrons. The van der Waals surface area contributed by atoms with Gasteiger partial charge in [0, 0.05) is 32.1 Å². The van der Waals surface area contributed by atoms with Gasteiger partial charge in [-0.25, -0.2) is 9.37 Å². The number of imidazole rings is 1. The van der Waals surface area contributed by atoms with Crippen LogP contribution in [0.25, 0.3) is 0 Å². The number of likely N-dealkylation sites (N-methyl/N-ethyl adjacent to an activating group) is 1. The fraction of sp³-hybridized carbons (Fsp3) is 0.400. The van der Waals surface area contributed by atoms with E-state index in [0.717, 1.165) is 37.3 Å². The molecule has 0 bridgehead atoms. The average Bonchev–Trinajstić information content (AvgIpc) is 2.86. The summed E-state index contributed by atoms with van der Waals surface area (Å²) in [4.78, 5) is 9.71. The predicted molar refractivity (Wildman–Crippen MR) is 75.7 cm³/mol. The van der Waals surface area contributed by atoms with Crippen molar-refractivity contribution in [3.8, 4) is 0 Å². The summed E-state index contributed by atoms with van der Waals surface area (Å²) in [7, 11) is 2.06. The van der Waals surface area contributed by atoms with Crippen molar-refractivity contribution < 1.29 is 4.39 Å².